The molecule has 22 heavy (non-hydrogen) atoms. The molecule has 0 saturated carbocycles. The third-order valence-electron chi connectivity index (χ3n) is 4.04. The lowest BCUT2D eigenvalue weighted by Crippen LogP contribution is -2.42. The number of alkyl halides is 3. The van der Waals surface area contributed by atoms with E-state index in [4.69, 9.17) is 11.6 Å². The molecule has 2 atom stereocenters. The summed E-state index contributed by atoms with van der Waals surface area (Å²) in [5.74, 6) is 0.181. The van der Waals surface area contributed by atoms with Crippen LogP contribution in [0.25, 0.3) is 0 Å². The molecule has 0 N–H and O–H groups in total. The molecule has 1 saturated heterocycles. The maximum atomic E-state index is 12.9. The SMILES string of the molecule is Cc1c(Cl)c(C(F)(F)F)nn1[C@H](C)C(=O)N1CCC[C@@H](C)C1. The summed E-state index contributed by atoms with van der Waals surface area (Å²) in [6.45, 7) is 6.31. The van der Waals surface area contributed by atoms with Crippen LogP contribution < -0.4 is 0 Å². The van der Waals surface area contributed by atoms with Crippen LogP contribution in [0.4, 0.5) is 13.2 Å². The fourth-order valence-corrected chi connectivity index (χ4v) is 3.05. The molecule has 2 rings (SSSR count). The minimum atomic E-state index is -4.63. The van der Waals surface area contributed by atoms with Gasteiger partial charge in [0.1, 0.15) is 6.04 Å². The maximum absolute atomic E-state index is 12.9. The molecule has 0 unspecified atom stereocenters. The second-order valence-electron chi connectivity index (χ2n) is 5.90. The summed E-state index contributed by atoms with van der Waals surface area (Å²) in [6, 6.07) is -0.807. The number of halogens is 4. The molecule has 0 spiro atoms. The van der Waals surface area contributed by atoms with Crippen molar-refractivity contribution in [2.75, 3.05) is 13.1 Å². The van der Waals surface area contributed by atoms with E-state index in [1.807, 2.05) is 0 Å². The first-order chi connectivity index (χ1) is 10.1. The van der Waals surface area contributed by atoms with Gasteiger partial charge in [-0.05, 0) is 32.6 Å². The zero-order valence-electron chi connectivity index (χ0n) is 12.7. The minimum absolute atomic E-state index is 0.153. The molecule has 0 bridgehead atoms. The molecule has 1 fully saturated rings. The van der Waals surface area contributed by atoms with Gasteiger partial charge < -0.3 is 4.90 Å². The van der Waals surface area contributed by atoms with E-state index in [9.17, 15) is 18.0 Å². The Labute approximate surface area is 132 Å². The van der Waals surface area contributed by atoms with Crippen LogP contribution in [0.5, 0.6) is 0 Å². The quantitative estimate of drug-likeness (QED) is 0.825. The first-order valence-corrected chi connectivity index (χ1v) is 7.61. The van der Waals surface area contributed by atoms with E-state index in [2.05, 4.69) is 12.0 Å². The highest BCUT2D eigenvalue weighted by Gasteiger charge is 2.39. The Hall–Kier alpha value is -1.24. The van der Waals surface area contributed by atoms with Crippen LogP contribution in [-0.2, 0) is 11.0 Å². The van der Waals surface area contributed by atoms with Crippen molar-refractivity contribution in [1.82, 2.24) is 14.7 Å². The first kappa shape index (κ1) is 17.1. The Kier molecular flexibility index (Phi) is 4.75. The van der Waals surface area contributed by atoms with Crippen molar-refractivity contribution in [3.8, 4) is 0 Å². The third kappa shape index (κ3) is 3.24. The number of hydrogen-bond donors (Lipinski definition) is 0. The Morgan fingerprint density at radius 2 is 2.09 bits per heavy atom. The van der Waals surface area contributed by atoms with Gasteiger partial charge in [0, 0.05) is 13.1 Å². The summed E-state index contributed by atoms with van der Waals surface area (Å²) >= 11 is 5.73. The number of amides is 1. The van der Waals surface area contributed by atoms with Crippen molar-refractivity contribution in [3.63, 3.8) is 0 Å². The van der Waals surface area contributed by atoms with Gasteiger partial charge in [-0.1, -0.05) is 18.5 Å². The van der Waals surface area contributed by atoms with Gasteiger partial charge in [0.2, 0.25) is 5.91 Å². The molecule has 2 heterocycles. The van der Waals surface area contributed by atoms with Crippen LogP contribution in [-0.4, -0.2) is 33.7 Å². The lowest BCUT2D eigenvalue weighted by atomic mass is 10.00. The van der Waals surface area contributed by atoms with E-state index in [0.717, 1.165) is 17.5 Å². The van der Waals surface area contributed by atoms with E-state index in [1.54, 1.807) is 11.8 Å². The van der Waals surface area contributed by atoms with Crippen LogP contribution in [0, 0.1) is 12.8 Å². The molecule has 1 amide bonds. The Bertz CT molecular complexity index is 570. The van der Waals surface area contributed by atoms with Gasteiger partial charge in [-0.25, -0.2) is 0 Å². The highest BCUT2D eigenvalue weighted by Crippen LogP contribution is 2.36. The Morgan fingerprint density at radius 3 is 2.59 bits per heavy atom. The molecule has 1 aromatic heterocycles. The largest absolute Gasteiger partial charge is 0.436 e. The smallest absolute Gasteiger partial charge is 0.341 e. The predicted octanol–water partition coefficient (Wildman–Crippen LogP) is 3.68. The van der Waals surface area contributed by atoms with Crippen molar-refractivity contribution >= 4 is 17.5 Å². The summed E-state index contributed by atoms with van der Waals surface area (Å²) < 4.78 is 39.6. The fraction of sp³-hybridized carbons (Fsp3) is 0.714. The average Bonchev–Trinajstić information content (AvgIpc) is 2.73. The number of rotatable bonds is 2. The summed E-state index contributed by atoms with van der Waals surface area (Å²) in [5, 5.41) is 3.08. The van der Waals surface area contributed by atoms with E-state index in [1.165, 1.54) is 6.92 Å². The molecule has 1 aliphatic heterocycles. The number of aromatic nitrogens is 2. The van der Waals surface area contributed by atoms with E-state index in [0.29, 0.717) is 19.0 Å². The topological polar surface area (TPSA) is 38.1 Å². The van der Waals surface area contributed by atoms with Crippen molar-refractivity contribution in [3.05, 3.63) is 16.4 Å². The Balaban J connectivity index is 2.26. The number of carbonyl (C=O) groups excluding carboxylic acids is 1. The maximum Gasteiger partial charge on any atom is 0.436 e. The van der Waals surface area contributed by atoms with Crippen LogP contribution in [0.1, 0.15) is 44.1 Å². The van der Waals surface area contributed by atoms with Gasteiger partial charge in [-0.2, -0.15) is 18.3 Å². The Morgan fingerprint density at radius 1 is 1.45 bits per heavy atom. The van der Waals surface area contributed by atoms with Crippen molar-refractivity contribution in [2.45, 2.75) is 45.8 Å². The van der Waals surface area contributed by atoms with Gasteiger partial charge in [0.25, 0.3) is 0 Å². The molecule has 124 valence electrons. The molecule has 8 heteroatoms. The molecule has 0 aromatic carbocycles. The summed E-state index contributed by atoms with van der Waals surface area (Å²) in [4.78, 5) is 14.2. The molecule has 1 aliphatic rings. The van der Waals surface area contributed by atoms with Crippen LogP contribution in [0.3, 0.4) is 0 Å². The van der Waals surface area contributed by atoms with Gasteiger partial charge in [0.15, 0.2) is 5.69 Å². The lowest BCUT2D eigenvalue weighted by molar-refractivity contribution is -0.142. The van der Waals surface area contributed by atoms with Gasteiger partial charge >= 0.3 is 6.18 Å². The summed E-state index contributed by atoms with van der Waals surface area (Å²) in [6.07, 6.45) is -2.66. The van der Waals surface area contributed by atoms with Crippen LogP contribution in [0.2, 0.25) is 5.02 Å². The highest BCUT2D eigenvalue weighted by molar-refractivity contribution is 6.32. The van der Waals surface area contributed by atoms with Crippen LogP contribution >= 0.6 is 11.6 Å². The minimum Gasteiger partial charge on any atom is -0.341 e. The van der Waals surface area contributed by atoms with E-state index < -0.39 is 22.9 Å². The average molecular weight is 338 g/mol. The normalized spacial score (nSPS) is 21.0. The van der Waals surface area contributed by atoms with Crippen LogP contribution in [0.15, 0.2) is 0 Å². The first-order valence-electron chi connectivity index (χ1n) is 7.23. The summed E-state index contributed by atoms with van der Waals surface area (Å²) in [5.41, 5.74) is -0.988. The summed E-state index contributed by atoms with van der Waals surface area (Å²) in [7, 11) is 0. The van der Waals surface area contributed by atoms with Crippen molar-refractivity contribution in [2.24, 2.45) is 5.92 Å². The molecule has 4 nitrogen and oxygen atoms in total. The molecular formula is C14H19ClF3N3O. The van der Waals surface area contributed by atoms with Gasteiger partial charge in [-0.15, -0.1) is 0 Å². The van der Waals surface area contributed by atoms with E-state index in [-0.39, 0.29) is 11.6 Å². The number of hydrogen-bond acceptors (Lipinski definition) is 2. The standard InChI is InChI=1S/C14H19ClF3N3O/c1-8-5-4-6-20(7-8)13(22)10(3)21-9(2)11(15)12(19-21)14(16,17)18/h8,10H,4-7H2,1-3H3/t8-,10-/m1/s1. The second kappa shape index (κ2) is 6.10. The number of likely N-dealkylation sites (tertiary alicyclic amines) is 1. The second-order valence-corrected chi connectivity index (χ2v) is 6.28. The van der Waals surface area contributed by atoms with Crippen molar-refractivity contribution in [1.29, 1.82) is 0 Å². The van der Waals surface area contributed by atoms with E-state index >= 15 is 0 Å². The fourth-order valence-electron chi connectivity index (χ4n) is 2.82. The van der Waals surface area contributed by atoms with Crippen molar-refractivity contribution < 1.29 is 18.0 Å². The lowest BCUT2D eigenvalue weighted by Gasteiger charge is -2.33. The predicted molar refractivity (Wildman–Crippen MR) is 76.7 cm³/mol. The molecular weight excluding hydrogens is 319 g/mol. The molecule has 0 aliphatic carbocycles. The van der Waals surface area contributed by atoms with Gasteiger partial charge in [0.05, 0.1) is 10.7 Å². The number of carbonyl (C=O) groups is 1. The molecule has 1 aromatic rings. The molecule has 0 radical (unpaired) electrons. The number of nitrogens with zero attached hydrogens (tertiary/aromatic N) is 3. The zero-order valence-corrected chi connectivity index (χ0v) is 13.5. The highest BCUT2D eigenvalue weighted by atomic mass is 35.5. The number of piperidine rings is 1. The third-order valence-corrected chi connectivity index (χ3v) is 4.49. The van der Waals surface area contributed by atoms with Gasteiger partial charge in [-0.3, -0.25) is 9.48 Å². The monoisotopic (exact) mass is 337 g/mol. The zero-order chi connectivity index (χ0) is 16.7.